The van der Waals surface area contributed by atoms with Crippen LogP contribution in [0.25, 0.3) is 11.3 Å². The molecule has 3 aromatic rings. The number of aromatic nitrogens is 3. The molecule has 1 saturated heterocycles. The lowest BCUT2D eigenvalue weighted by atomic mass is 9.77. The van der Waals surface area contributed by atoms with Gasteiger partial charge in [-0.3, -0.25) is 0 Å². The first-order valence-corrected chi connectivity index (χ1v) is 13.8. The number of rotatable bonds is 7. The largest absolute Gasteiger partial charge is 0.573 e. The molecule has 13 heteroatoms. The van der Waals surface area contributed by atoms with Gasteiger partial charge in [0.15, 0.2) is 5.76 Å². The zero-order chi connectivity index (χ0) is 28.8. The molecule has 2 saturated carbocycles. The third-order valence-electron chi connectivity index (χ3n) is 8.53. The molecule has 2 bridgehead atoms. The highest BCUT2D eigenvalue weighted by Crippen LogP contribution is 2.47. The summed E-state index contributed by atoms with van der Waals surface area (Å²) in [6.07, 6.45) is 1.30. The maximum absolute atomic E-state index is 13.0. The van der Waals surface area contributed by atoms with Crippen LogP contribution >= 0.6 is 0 Å². The van der Waals surface area contributed by atoms with Crippen molar-refractivity contribution in [2.45, 2.75) is 69.6 Å². The van der Waals surface area contributed by atoms with Crippen LogP contribution in [0.2, 0.25) is 0 Å². The summed E-state index contributed by atoms with van der Waals surface area (Å²) < 4.78 is 86.0. The number of anilines is 2. The van der Waals surface area contributed by atoms with E-state index in [0.717, 1.165) is 63.9 Å². The zero-order valence-corrected chi connectivity index (χ0v) is 22.0. The second kappa shape index (κ2) is 10.7. The van der Waals surface area contributed by atoms with Gasteiger partial charge in [-0.2, -0.15) is 13.2 Å². The van der Waals surface area contributed by atoms with E-state index in [4.69, 9.17) is 4.42 Å². The van der Waals surface area contributed by atoms with Crippen LogP contribution < -0.4 is 15.0 Å². The molecule has 1 aromatic carbocycles. The minimum atomic E-state index is -4.76. The van der Waals surface area contributed by atoms with Gasteiger partial charge in [0.25, 0.3) is 6.01 Å². The van der Waals surface area contributed by atoms with Gasteiger partial charge in [-0.1, -0.05) is 12.8 Å². The Morgan fingerprint density at radius 3 is 2.32 bits per heavy atom. The van der Waals surface area contributed by atoms with Crippen molar-refractivity contribution in [3.05, 3.63) is 48.4 Å². The monoisotopic (exact) mass is 581 g/mol. The van der Waals surface area contributed by atoms with Crippen LogP contribution in [0.5, 0.6) is 5.75 Å². The summed E-state index contributed by atoms with van der Waals surface area (Å²) >= 11 is 0. The van der Waals surface area contributed by atoms with E-state index in [1.54, 1.807) is 0 Å². The summed E-state index contributed by atoms with van der Waals surface area (Å²) in [7, 11) is 0. The Balaban J connectivity index is 1.09. The van der Waals surface area contributed by atoms with Crippen molar-refractivity contribution in [2.75, 3.05) is 16.8 Å². The Bertz CT molecular complexity index is 1330. The summed E-state index contributed by atoms with van der Waals surface area (Å²) in [6, 6.07) is 6.13. The summed E-state index contributed by atoms with van der Waals surface area (Å²) in [4.78, 5) is 14.5. The lowest BCUT2D eigenvalue weighted by Gasteiger charge is -2.38. The SMILES string of the molecule is FC(F)(F)Oc1ccc(-c2cnc(N[C@@H]3CCCC[C@H]3C[C@H]3C[C@@H]4C[C@H]3N(c3ncc(C(F)(F)F)cn3)C4)o2)cc1. The molecule has 1 N–H and O–H groups in total. The van der Waals surface area contributed by atoms with Crippen LogP contribution in [0.15, 0.2) is 47.3 Å². The minimum absolute atomic E-state index is 0.146. The van der Waals surface area contributed by atoms with Gasteiger partial charge < -0.3 is 19.4 Å². The first-order valence-electron chi connectivity index (χ1n) is 13.8. The number of ether oxygens (including phenoxy) is 1. The van der Waals surface area contributed by atoms with Crippen molar-refractivity contribution in [3.8, 4) is 17.1 Å². The Hall–Kier alpha value is -3.51. The van der Waals surface area contributed by atoms with Crippen molar-refractivity contribution in [2.24, 2.45) is 17.8 Å². The van der Waals surface area contributed by atoms with E-state index in [9.17, 15) is 26.3 Å². The van der Waals surface area contributed by atoms with Gasteiger partial charge in [-0.15, -0.1) is 13.2 Å². The summed E-state index contributed by atoms with van der Waals surface area (Å²) in [5.74, 6) is 1.72. The highest BCUT2D eigenvalue weighted by atomic mass is 19.4. The van der Waals surface area contributed by atoms with Crippen LogP contribution in [-0.2, 0) is 6.18 Å². The number of fused-ring (bicyclic) bond motifs is 2. The molecule has 5 atom stereocenters. The number of hydrogen-bond donors (Lipinski definition) is 1. The Kier molecular flexibility index (Phi) is 7.23. The highest BCUT2D eigenvalue weighted by molar-refractivity contribution is 5.58. The average molecular weight is 582 g/mol. The minimum Gasteiger partial charge on any atom is -0.424 e. The van der Waals surface area contributed by atoms with E-state index < -0.39 is 18.1 Å². The van der Waals surface area contributed by atoms with Crippen LogP contribution in [0.1, 0.15) is 50.5 Å². The fourth-order valence-electron chi connectivity index (χ4n) is 6.78. The molecule has 1 aliphatic heterocycles. The predicted molar refractivity (Wildman–Crippen MR) is 137 cm³/mol. The van der Waals surface area contributed by atoms with Crippen molar-refractivity contribution in [1.82, 2.24) is 15.0 Å². The highest BCUT2D eigenvalue weighted by Gasteiger charge is 2.47. The third-order valence-corrected chi connectivity index (χ3v) is 8.53. The van der Waals surface area contributed by atoms with Crippen molar-refractivity contribution < 1.29 is 35.5 Å². The quantitative estimate of drug-likeness (QED) is 0.293. The first kappa shape index (κ1) is 27.6. The van der Waals surface area contributed by atoms with E-state index >= 15 is 0 Å². The molecule has 0 spiro atoms. The second-order valence-electron chi connectivity index (χ2n) is 11.2. The molecular weight excluding hydrogens is 552 g/mol. The number of oxazole rings is 1. The molecular formula is C28H29F6N5O2. The van der Waals surface area contributed by atoms with Crippen LogP contribution in [0.4, 0.5) is 38.3 Å². The summed E-state index contributed by atoms with van der Waals surface area (Å²) in [5.41, 5.74) is -0.270. The van der Waals surface area contributed by atoms with Gasteiger partial charge >= 0.3 is 12.5 Å². The topological polar surface area (TPSA) is 76.3 Å². The number of nitrogens with one attached hydrogen (secondary N) is 1. The van der Waals surface area contributed by atoms with E-state index in [0.29, 0.717) is 41.0 Å². The van der Waals surface area contributed by atoms with E-state index in [2.05, 4.69) is 29.9 Å². The number of piperidine rings is 1. The lowest BCUT2D eigenvalue weighted by Crippen LogP contribution is -2.42. The van der Waals surface area contributed by atoms with Gasteiger partial charge in [-0.25, -0.2) is 15.0 Å². The Morgan fingerprint density at radius 2 is 1.63 bits per heavy atom. The maximum Gasteiger partial charge on any atom is 0.573 e. The number of nitrogens with zero attached hydrogens (tertiary/aromatic N) is 4. The molecule has 3 heterocycles. The smallest absolute Gasteiger partial charge is 0.424 e. The fourth-order valence-corrected chi connectivity index (χ4v) is 6.78. The molecule has 2 aromatic heterocycles. The number of alkyl halides is 6. The van der Waals surface area contributed by atoms with Crippen LogP contribution in [-0.4, -0.2) is 39.9 Å². The van der Waals surface area contributed by atoms with Crippen LogP contribution in [0.3, 0.4) is 0 Å². The van der Waals surface area contributed by atoms with E-state index in [-0.39, 0.29) is 17.8 Å². The summed E-state index contributed by atoms with van der Waals surface area (Å²) in [5, 5.41) is 3.45. The molecule has 0 radical (unpaired) electrons. The molecule has 41 heavy (non-hydrogen) atoms. The lowest BCUT2D eigenvalue weighted by molar-refractivity contribution is -0.274. The van der Waals surface area contributed by atoms with Gasteiger partial charge in [-0.05, 0) is 74.1 Å². The number of benzene rings is 1. The van der Waals surface area contributed by atoms with E-state index in [1.807, 2.05) is 0 Å². The van der Waals surface area contributed by atoms with Crippen LogP contribution in [0, 0.1) is 17.8 Å². The zero-order valence-electron chi connectivity index (χ0n) is 22.0. The predicted octanol–water partition coefficient (Wildman–Crippen LogP) is 7.32. The first-order chi connectivity index (χ1) is 19.5. The summed E-state index contributed by atoms with van der Waals surface area (Å²) in [6.45, 7) is 0.765. The Labute approximate surface area is 232 Å². The Morgan fingerprint density at radius 1 is 0.902 bits per heavy atom. The standard InChI is InChI=1S/C28H29F6N5O2/c29-27(30,31)20-12-35-25(36-13-20)39-15-16-9-19(23(39)10-16)11-18-3-1-2-4-22(18)38-26-37-14-24(40-26)17-5-7-21(8-6-17)41-28(32,33)34/h5-8,12-14,16,18-19,22-23H,1-4,9-11,15H2,(H,37,38)/t16-,18+,19-,22-,23-/m1/s1. The molecule has 6 rings (SSSR count). The number of hydrogen-bond acceptors (Lipinski definition) is 7. The van der Waals surface area contributed by atoms with E-state index in [1.165, 1.54) is 30.5 Å². The maximum atomic E-state index is 13.0. The van der Waals surface area contributed by atoms with Gasteiger partial charge in [0.2, 0.25) is 5.95 Å². The average Bonchev–Trinajstić information content (AvgIpc) is 3.65. The molecule has 0 amide bonds. The molecule has 2 aliphatic carbocycles. The third kappa shape index (κ3) is 6.23. The normalized spacial score (nSPS) is 26.4. The van der Waals surface area contributed by atoms with Gasteiger partial charge in [0.05, 0.1) is 11.8 Å². The molecule has 3 fully saturated rings. The number of halogens is 6. The molecule has 3 aliphatic rings. The van der Waals surface area contributed by atoms with Crippen molar-refractivity contribution in [3.63, 3.8) is 0 Å². The van der Waals surface area contributed by atoms with Gasteiger partial charge in [0.1, 0.15) is 5.75 Å². The van der Waals surface area contributed by atoms with Crippen molar-refractivity contribution in [1.29, 1.82) is 0 Å². The second-order valence-corrected chi connectivity index (χ2v) is 11.2. The molecule has 7 nitrogen and oxygen atoms in total. The fraction of sp³-hybridized carbons (Fsp3) is 0.536. The molecule has 0 unspecified atom stereocenters. The van der Waals surface area contributed by atoms with Crippen molar-refractivity contribution >= 4 is 12.0 Å². The van der Waals surface area contributed by atoms with Gasteiger partial charge in [0, 0.05) is 36.6 Å². The molecule has 220 valence electrons.